The van der Waals surface area contributed by atoms with E-state index in [1.54, 1.807) is 6.21 Å². The molecule has 0 aliphatic carbocycles. The lowest BCUT2D eigenvalue weighted by Crippen LogP contribution is -2.19. The van der Waals surface area contributed by atoms with Gasteiger partial charge < -0.3 is 9.47 Å². The largest absolute Gasteiger partial charge is 0.454 e. The van der Waals surface area contributed by atoms with Crippen LogP contribution in [0.15, 0.2) is 53.6 Å². The Morgan fingerprint density at radius 2 is 2.03 bits per heavy atom. The number of hydrogen-bond donors (Lipinski definition) is 1. The van der Waals surface area contributed by atoms with Crippen molar-refractivity contribution in [3.63, 3.8) is 0 Å². The zero-order valence-electron chi connectivity index (χ0n) is 17.2. The van der Waals surface area contributed by atoms with Gasteiger partial charge in [0.2, 0.25) is 6.79 Å². The summed E-state index contributed by atoms with van der Waals surface area (Å²) in [4.78, 5) is 17.5. The molecule has 30 heavy (non-hydrogen) atoms. The van der Waals surface area contributed by atoms with E-state index in [-0.39, 0.29) is 18.6 Å². The van der Waals surface area contributed by atoms with Crippen LogP contribution in [0.5, 0.6) is 11.5 Å². The number of carbonyl (C=O) groups excluding carboxylic acids is 1. The normalized spacial score (nSPS) is 13.7. The van der Waals surface area contributed by atoms with E-state index in [0.29, 0.717) is 5.56 Å². The highest BCUT2D eigenvalue weighted by atomic mass is 16.7. The van der Waals surface area contributed by atoms with Gasteiger partial charge in [0.15, 0.2) is 11.5 Å². The lowest BCUT2D eigenvalue weighted by Gasteiger charge is -2.09. The average molecular weight is 403 g/mol. The molecule has 0 saturated heterocycles. The third-order valence-electron chi connectivity index (χ3n) is 5.01. The number of hydrazone groups is 1. The van der Waals surface area contributed by atoms with Crippen LogP contribution in [0.25, 0.3) is 10.9 Å². The minimum Gasteiger partial charge on any atom is -0.454 e. The summed E-state index contributed by atoms with van der Waals surface area (Å²) in [7, 11) is 0. The highest BCUT2D eigenvalue weighted by Gasteiger charge is 2.15. The molecule has 0 spiro atoms. The van der Waals surface area contributed by atoms with Gasteiger partial charge >= 0.3 is 0 Å². The SMILES string of the molecule is CCCc1cc(C(=O)NN=C[C@H](C)Cc2ccc3c(c2)OCO3)c2ccccc2n1. The summed E-state index contributed by atoms with van der Waals surface area (Å²) in [5.41, 5.74) is 6.16. The van der Waals surface area contributed by atoms with Crippen molar-refractivity contribution >= 4 is 23.0 Å². The van der Waals surface area contributed by atoms with Gasteiger partial charge in [-0.05, 0) is 48.6 Å². The van der Waals surface area contributed by atoms with E-state index in [0.717, 1.165) is 52.9 Å². The van der Waals surface area contributed by atoms with Crippen molar-refractivity contribution in [3.8, 4) is 11.5 Å². The van der Waals surface area contributed by atoms with Gasteiger partial charge in [0, 0.05) is 17.3 Å². The van der Waals surface area contributed by atoms with Crippen molar-refractivity contribution in [1.29, 1.82) is 0 Å². The molecule has 0 bridgehead atoms. The number of pyridine rings is 1. The molecule has 6 heteroatoms. The molecule has 1 atom stereocenters. The van der Waals surface area contributed by atoms with Crippen LogP contribution in [0.1, 0.15) is 41.9 Å². The zero-order chi connectivity index (χ0) is 20.9. The Morgan fingerprint density at radius 1 is 1.20 bits per heavy atom. The molecule has 2 aromatic carbocycles. The third-order valence-corrected chi connectivity index (χ3v) is 5.01. The van der Waals surface area contributed by atoms with Gasteiger partial charge in [-0.15, -0.1) is 0 Å². The highest BCUT2D eigenvalue weighted by molar-refractivity contribution is 6.06. The second-order valence-corrected chi connectivity index (χ2v) is 7.52. The van der Waals surface area contributed by atoms with Crippen molar-refractivity contribution in [2.24, 2.45) is 11.0 Å². The van der Waals surface area contributed by atoms with Crippen LogP contribution >= 0.6 is 0 Å². The first-order chi connectivity index (χ1) is 14.6. The van der Waals surface area contributed by atoms with E-state index >= 15 is 0 Å². The summed E-state index contributed by atoms with van der Waals surface area (Å²) < 4.78 is 10.8. The molecule has 2 heterocycles. The molecule has 6 nitrogen and oxygen atoms in total. The van der Waals surface area contributed by atoms with Crippen LogP contribution in [-0.4, -0.2) is 23.9 Å². The Hall–Kier alpha value is -3.41. The minimum atomic E-state index is -0.225. The summed E-state index contributed by atoms with van der Waals surface area (Å²) >= 11 is 0. The van der Waals surface area contributed by atoms with Crippen LogP contribution < -0.4 is 14.9 Å². The molecular formula is C24H25N3O3. The van der Waals surface area contributed by atoms with Crippen LogP contribution in [0.2, 0.25) is 0 Å². The van der Waals surface area contributed by atoms with Gasteiger partial charge in [0.05, 0.1) is 11.1 Å². The number of rotatable bonds is 7. The predicted molar refractivity (Wildman–Crippen MR) is 117 cm³/mol. The quantitative estimate of drug-likeness (QED) is 0.465. The molecule has 0 saturated carbocycles. The molecule has 1 N–H and O–H groups in total. The van der Waals surface area contributed by atoms with E-state index in [1.807, 2.05) is 48.5 Å². The number of fused-ring (bicyclic) bond motifs is 2. The van der Waals surface area contributed by atoms with Crippen molar-refractivity contribution < 1.29 is 14.3 Å². The molecule has 154 valence electrons. The maximum absolute atomic E-state index is 12.8. The number of hydrogen-bond acceptors (Lipinski definition) is 5. The molecule has 1 amide bonds. The average Bonchev–Trinajstić information content (AvgIpc) is 3.21. The highest BCUT2D eigenvalue weighted by Crippen LogP contribution is 2.33. The minimum absolute atomic E-state index is 0.149. The Morgan fingerprint density at radius 3 is 2.90 bits per heavy atom. The van der Waals surface area contributed by atoms with Gasteiger partial charge in [-0.2, -0.15) is 5.10 Å². The lowest BCUT2D eigenvalue weighted by atomic mass is 10.0. The fraction of sp³-hybridized carbons (Fsp3) is 0.292. The van der Waals surface area contributed by atoms with Gasteiger partial charge in [-0.1, -0.05) is 44.5 Å². The third kappa shape index (κ3) is 4.43. The van der Waals surface area contributed by atoms with Crippen LogP contribution in [-0.2, 0) is 12.8 Å². The van der Waals surface area contributed by atoms with Crippen molar-refractivity contribution in [2.75, 3.05) is 6.79 Å². The number of carbonyl (C=O) groups is 1. The molecule has 1 aliphatic rings. The molecule has 1 aromatic heterocycles. The molecule has 3 aromatic rings. The fourth-order valence-corrected chi connectivity index (χ4v) is 3.58. The fourth-order valence-electron chi connectivity index (χ4n) is 3.58. The van der Waals surface area contributed by atoms with Crippen LogP contribution in [0.3, 0.4) is 0 Å². The number of benzene rings is 2. The Balaban J connectivity index is 1.43. The second kappa shape index (κ2) is 8.95. The van der Waals surface area contributed by atoms with Crippen molar-refractivity contribution in [2.45, 2.75) is 33.1 Å². The first-order valence-electron chi connectivity index (χ1n) is 10.2. The lowest BCUT2D eigenvalue weighted by molar-refractivity contribution is 0.0956. The number of aromatic nitrogens is 1. The molecule has 0 fully saturated rings. The standard InChI is InChI=1S/C24H25N3O3/c1-3-6-18-13-20(19-7-4-5-8-21(19)26-18)24(28)27-25-14-16(2)11-17-9-10-22-23(12-17)30-15-29-22/h4-5,7-10,12-14,16H,3,6,11,15H2,1-2H3,(H,27,28)/t16-/m1/s1. The van der Waals surface area contributed by atoms with Gasteiger partial charge in [-0.3, -0.25) is 9.78 Å². The van der Waals surface area contributed by atoms with Gasteiger partial charge in [0.25, 0.3) is 5.91 Å². The number of nitrogens with one attached hydrogen (secondary N) is 1. The first kappa shape index (κ1) is 19.9. The van der Waals surface area contributed by atoms with Gasteiger partial charge in [-0.25, -0.2) is 5.43 Å². The number of ether oxygens (including phenoxy) is 2. The summed E-state index contributed by atoms with van der Waals surface area (Å²) in [6.07, 6.45) is 4.36. The molecule has 1 aliphatic heterocycles. The molecule has 0 radical (unpaired) electrons. The van der Waals surface area contributed by atoms with Gasteiger partial charge in [0.1, 0.15) is 0 Å². The number of aryl methyl sites for hydroxylation is 1. The number of nitrogens with zero attached hydrogens (tertiary/aromatic N) is 2. The maximum atomic E-state index is 12.8. The second-order valence-electron chi connectivity index (χ2n) is 7.52. The van der Waals surface area contributed by atoms with Crippen LogP contribution in [0.4, 0.5) is 0 Å². The number of para-hydroxylation sites is 1. The molecular weight excluding hydrogens is 378 g/mol. The summed E-state index contributed by atoms with van der Waals surface area (Å²) in [6.45, 7) is 4.43. The number of amides is 1. The Labute approximate surface area is 175 Å². The summed E-state index contributed by atoms with van der Waals surface area (Å²) in [6, 6.07) is 15.5. The van der Waals surface area contributed by atoms with E-state index < -0.39 is 0 Å². The topological polar surface area (TPSA) is 72.8 Å². The van der Waals surface area contributed by atoms with Crippen molar-refractivity contribution in [3.05, 3.63) is 65.4 Å². The van der Waals surface area contributed by atoms with Crippen molar-refractivity contribution in [1.82, 2.24) is 10.4 Å². The smallest absolute Gasteiger partial charge is 0.272 e. The predicted octanol–water partition coefficient (Wildman–Crippen LogP) is 4.51. The summed E-state index contributed by atoms with van der Waals surface area (Å²) in [5, 5.41) is 5.03. The summed E-state index contributed by atoms with van der Waals surface area (Å²) in [5.74, 6) is 1.48. The molecule has 0 unspecified atom stereocenters. The zero-order valence-corrected chi connectivity index (χ0v) is 17.2. The maximum Gasteiger partial charge on any atom is 0.272 e. The van der Waals surface area contributed by atoms with E-state index in [4.69, 9.17) is 9.47 Å². The monoisotopic (exact) mass is 403 g/mol. The Bertz CT molecular complexity index is 1090. The van der Waals surface area contributed by atoms with E-state index in [2.05, 4.69) is 29.4 Å². The van der Waals surface area contributed by atoms with E-state index in [9.17, 15) is 4.79 Å². The van der Waals surface area contributed by atoms with Crippen LogP contribution in [0, 0.1) is 5.92 Å². The van der Waals surface area contributed by atoms with E-state index in [1.165, 1.54) is 0 Å². The molecule has 4 rings (SSSR count). The Kier molecular flexibility index (Phi) is 5.93. The first-order valence-corrected chi connectivity index (χ1v) is 10.2.